The van der Waals surface area contributed by atoms with Gasteiger partial charge in [0.15, 0.2) is 0 Å². The zero-order chi connectivity index (χ0) is 12.6. The molecule has 0 amide bonds. The number of halogens is 2. The fraction of sp³-hybridized carbons (Fsp3) is 0.500. The van der Waals surface area contributed by atoms with Crippen molar-refractivity contribution in [2.45, 2.75) is 26.1 Å². The van der Waals surface area contributed by atoms with Crippen molar-refractivity contribution >= 4 is 43.2 Å². The van der Waals surface area contributed by atoms with Gasteiger partial charge in [-0.2, -0.15) is 0 Å². The Balaban J connectivity index is 2.33. The third-order valence-corrected chi connectivity index (χ3v) is 3.98. The number of benzene rings is 1. The lowest BCUT2D eigenvalue weighted by atomic mass is 10.2. The molecule has 94 valence electrons. The molecule has 0 spiro atoms. The van der Waals surface area contributed by atoms with E-state index in [1.165, 1.54) is 0 Å². The molecule has 1 fully saturated rings. The minimum atomic E-state index is 0.245. The Morgan fingerprint density at radius 3 is 2.12 bits per heavy atom. The normalized spacial score (nSPS) is 25.1. The van der Waals surface area contributed by atoms with Crippen molar-refractivity contribution in [3.63, 3.8) is 0 Å². The second kappa shape index (κ2) is 5.16. The number of hydrogen-bond acceptors (Lipinski definition) is 3. The number of morpholine rings is 1. The molecule has 1 aromatic rings. The quantitative estimate of drug-likeness (QED) is 0.777. The Bertz CT molecular complexity index is 392. The second-order valence-corrected chi connectivity index (χ2v) is 6.20. The summed E-state index contributed by atoms with van der Waals surface area (Å²) in [5, 5.41) is 0. The minimum absolute atomic E-state index is 0.245. The number of nitrogens with two attached hydrogens (primary N) is 1. The molecule has 0 saturated carbocycles. The summed E-state index contributed by atoms with van der Waals surface area (Å²) < 4.78 is 7.78. The summed E-state index contributed by atoms with van der Waals surface area (Å²) in [5.74, 6) is 0. The molecule has 1 heterocycles. The number of rotatable bonds is 1. The summed E-state index contributed by atoms with van der Waals surface area (Å²) in [4.78, 5) is 2.33. The largest absolute Gasteiger partial charge is 0.399 e. The fourth-order valence-electron chi connectivity index (χ4n) is 2.25. The van der Waals surface area contributed by atoms with E-state index >= 15 is 0 Å². The minimum Gasteiger partial charge on any atom is -0.399 e. The summed E-state index contributed by atoms with van der Waals surface area (Å²) in [7, 11) is 0. The number of hydrogen-bond donors (Lipinski definition) is 1. The van der Waals surface area contributed by atoms with Gasteiger partial charge >= 0.3 is 0 Å². The van der Waals surface area contributed by atoms with Gasteiger partial charge in [-0.25, -0.2) is 0 Å². The van der Waals surface area contributed by atoms with Gasteiger partial charge in [0.1, 0.15) is 0 Å². The Morgan fingerprint density at radius 1 is 1.18 bits per heavy atom. The van der Waals surface area contributed by atoms with Crippen LogP contribution in [0.1, 0.15) is 13.8 Å². The highest BCUT2D eigenvalue weighted by Gasteiger charge is 2.25. The van der Waals surface area contributed by atoms with Gasteiger partial charge in [0.2, 0.25) is 0 Å². The number of nitrogen functional groups attached to an aromatic ring is 1. The second-order valence-electron chi connectivity index (χ2n) is 4.50. The van der Waals surface area contributed by atoms with Crippen molar-refractivity contribution in [1.29, 1.82) is 0 Å². The van der Waals surface area contributed by atoms with Crippen LogP contribution < -0.4 is 10.6 Å². The molecule has 0 aliphatic carbocycles. The zero-order valence-electron chi connectivity index (χ0n) is 9.91. The molecule has 0 unspecified atom stereocenters. The Morgan fingerprint density at radius 2 is 1.65 bits per heavy atom. The van der Waals surface area contributed by atoms with E-state index in [4.69, 9.17) is 10.5 Å². The van der Waals surface area contributed by atoms with Gasteiger partial charge in [0.25, 0.3) is 0 Å². The molecule has 1 aromatic carbocycles. The molecular formula is C12H16Br2N2O. The molecule has 5 heteroatoms. The van der Waals surface area contributed by atoms with Crippen LogP contribution in [-0.4, -0.2) is 25.3 Å². The highest BCUT2D eigenvalue weighted by molar-refractivity contribution is 9.11. The third-order valence-electron chi connectivity index (χ3n) is 2.78. The zero-order valence-corrected chi connectivity index (χ0v) is 13.1. The highest BCUT2D eigenvalue weighted by Crippen LogP contribution is 2.37. The number of nitrogens with zero attached hydrogens (tertiary/aromatic N) is 1. The Kier molecular flexibility index (Phi) is 4.00. The maximum absolute atomic E-state index is 5.81. The molecule has 0 bridgehead atoms. The molecule has 1 saturated heterocycles. The molecule has 0 radical (unpaired) electrons. The van der Waals surface area contributed by atoms with Gasteiger partial charge in [-0.15, -0.1) is 0 Å². The third kappa shape index (κ3) is 2.95. The van der Waals surface area contributed by atoms with Gasteiger partial charge in [0, 0.05) is 27.7 Å². The average Bonchev–Trinajstić information content (AvgIpc) is 2.13. The van der Waals surface area contributed by atoms with E-state index in [1.54, 1.807) is 0 Å². The first-order chi connectivity index (χ1) is 7.97. The van der Waals surface area contributed by atoms with Gasteiger partial charge < -0.3 is 15.4 Å². The maximum Gasteiger partial charge on any atom is 0.0726 e. The molecular weight excluding hydrogens is 348 g/mol. The van der Waals surface area contributed by atoms with Crippen molar-refractivity contribution < 1.29 is 4.74 Å². The monoisotopic (exact) mass is 362 g/mol. The summed E-state index contributed by atoms with van der Waals surface area (Å²) in [6.07, 6.45) is 0.491. The summed E-state index contributed by atoms with van der Waals surface area (Å²) >= 11 is 7.16. The summed E-state index contributed by atoms with van der Waals surface area (Å²) in [6, 6.07) is 3.87. The van der Waals surface area contributed by atoms with Crippen molar-refractivity contribution in [2.24, 2.45) is 0 Å². The van der Waals surface area contributed by atoms with Crippen molar-refractivity contribution in [3.8, 4) is 0 Å². The molecule has 0 aromatic heterocycles. The van der Waals surface area contributed by atoms with Crippen molar-refractivity contribution in [3.05, 3.63) is 21.1 Å². The van der Waals surface area contributed by atoms with Crippen molar-refractivity contribution in [2.75, 3.05) is 23.7 Å². The van der Waals surface area contributed by atoms with Crippen LogP contribution in [-0.2, 0) is 4.74 Å². The maximum atomic E-state index is 5.81. The van der Waals surface area contributed by atoms with E-state index in [1.807, 2.05) is 12.1 Å². The topological polar surface area (TPSA) is 38.5 Å². The highest BCUT2D eigenvalue weighted by atomic mass is 79.9. The van der Waals surface area contributed by atoms with Gasteiger partial charge in [-0.3, -0.25) is 0 Å². The van der Waals surface area contributed by atoms with E-state index < -0.39 is 0 Å². The molecule has 2 rings (SSSR count). The van der Waals surface area contributed by atoms with Crippen LogP contribution >= 0.6 is 31.9 Å². The predicted molar refractivity (Wildman–Crippen MR) is 78.5 cm³/mol. The van der Waals surface area contributed by atoms with E-state index in [0.29, 0.717) is 0 Å². The number of ether oxygens (including phenoxy) is 1. The molecule has 1 aliphatic heterocycles. The lowest BCUT2D eigenvalue weighted by molar-refractivity contribution is -0.00529. The smallest absolute Gasteiger partial charge is 0.0726 e. The molecule has 2 N–H and O–H groups in total. The molecule has 3 nitrogen and oxygen atoms in total. The lowest BCUT2D eigenvalue weighted by Gasteiger charge is -2.37. The summed E-state index contributed by atoms with van der Waals surface area (Å²) in [5.41, 5.74) is 7.71. The fourth-order valence-corrected chi connectivity index (χ4v) is 3.97. The van der Waals surface area contributed by atoms with Crippen LogP contribution in [0.5, 0.6) is 0 Å². The molecule has 1 aliphatic rings. The Hall–Kier alpha value is -0.260. The predicted octanol–water partition coefficient (Wildman–Crippen LogP) is 3.41. The SMILES string of the molecule is C[C@H]1CN(c2c(Br)cc(N)cc2Br)C[C@H](C)O1. The Labute approximate surface area is 119 Å². The standard InChI is InChI=1S/C12H16Br2N2O/c1-7-5-16(6-8(2)17-7)12-10(13)3-9(15)4-11(12)14/h3-4,7-8H,5-6,15H2,1-2H3/t7-,8-/m0/s1. The van der Waals surface area contributed by atoms with Crippen LogP contribution in [0.3, 0.4) is 0 Å². The van der Waals surface area contributed by atoms with Crippen LogP contribution in [0, 0.1) is 0 Å². The number of anilines is 2. The summed E-state index contributed by atoms with van der Waals surface area (Å²) in [6.45, 7) is 5.99. The first-order valence-electron chi connectivity index (χ1n) is 5.62. The van der Waals surface area contributed by atoms with Crippen LogP contribution in [0.4, 0.5) is 11.4 Å². The molecule has 2 atom stereocenters. The average molecular weight is 364 g/mol. The van der Waals surface area contributed by atoms with E-state index in [9.17, 15) is 0 Å². The van der Waals surface area contributed by atoms with Crippen LogP contribution in [0.15, 0.2) is 21.1 Å². The first-order valence-corrected chi connectivity index (χ1v) is 7.21. The van der Waals surface area contributed by atoms with Crippen LogP contribution in [0.2, 0.25) is 0 Å². The van der Waals surface area contributed by atoms with E-state index in [-0.39, 0.29) is 12.2 Å². The molecule has 17 heavy (non-hydrogen) atoms. The van der Waals surface area contributed by atoms with Crippen molar-refractivity contribution in [1.82, 2.24) is 0 Å². The lowest BCUT2D eigenvalue weighted by Crippen LogP contribution is -2.45. The van der Waals surface area contributed by atoms with Gasteiger partial charge in [-0.05, 0) is 57.8 Å². The van der Waals surface area contributed by atoms with Gasteiger partial charge in [0.05, 0.1) is 17.9 Å². The van der Waals surface area contributed by atoms with E-state index in [2.05, 4.69) is 50.6 Å². The van der Waals surface area contributed by atoms with Gasteiger partial charge in [-0.1, -0.05) is 0 Å². The van der Waals surface area contributed by atoms with E-state index in [0.717, 1.165) is 33.4 Å². The first kappa shape index (κ1) is 13.2. The van der Waals surface area contributed by atoms with Crippen LogP contribution in [0.25, 0.3) is 0 Å².